The first kappa shape index (κ1) is 11.0. The molecule has 0 aliphatic carbocycles. The fourth-order valence-corrected chi connectivity index (χ4v) is 1.45. The second-order valence-electron chi connectivity index (χ2n) is 4.08. The SMILES string of the molecule is CC1(C)C(=O)ON(c2ccc(Cl)cc2)C1=O. The Hall–Kier alpha value is -1.55. The molecule has 0 saturated carbocycles. The summed E-state index contributed by atoms with van der Waals surface area (Å²) in [6.07, 6.45) is 0. The van der Waals surface area contributed by atoms with E-state index in [1.165, 1.54) is 13.8 Å². The van der Waals surface area contributed by atoms with E-state index in [2.05, 4.69) is 0 Å². The number of amides is 1. The van der Waals surface area contributed by atoms with Crippen LogP contribution in [-0.2, 0) is 14.4 Å². The summed E-state index contributed by atoms with van der Waals surface area (Å²) in [6, 6.07) is 6.50. The van der Waals surface area contributed by atoms with Gasteiger partial charge in [0.1, 0.15) is 5.41 Å². The van der Waals surface area contributed by atoms with Crippen molar-refractivity contribution in [3.05, 3.63) is 29.3 Å². The van der Waals surface area contributed by atoms with Crippen LogP contribution in [0.2, 0.25) is 5.02 Å². The molecule has 1 heterocycles. The molecule has 1 fully saturated rings. The van der Waals surface area contributed by atoms with E-state index in [-0.39, 0.29) is 5.91 Å². The molecule has 1 aromatic rings. The topological polar surface area (TPSA) is 46.6 Å². The molecule has 0 radical (unpaired) electrons. The number of anilines is 1. The fraction of sp³-hybridized carbons (Fsp3) is 0.273. The van der Waals surface area contributed by atoms with Crippen molar-refractivity contribution in [1.82, 2.24) is 0 Å². The molecular weight excluding hydrogens is 230 g/mol. The molecule has 0 spiro atoms. The zero-order valence-electron chi connectivity index (χ0n) is 8.86. The maximum absolute atomic E-state index is 11.9. The molecule has 2 rings (SSSR count). The lowest BCUT2D eigenvalue weighted by Crippen LogP contribution is -2.31. The van der Waals surface area contributed by atoms with Gasteiger partial charge in [-0.05, 0) is 38.1 Å². The van der Waals surface area contributed by atoms with Crippen molar-refractivity contribution < 1.29 is 14.4 Å². The molecule has 1 saturated heterocycles. The number of halogens is 1. The molecule has 16 heavy (non-hydrogen) atoms. The summed E-state index contributed by atoms with van der Waals surface area (Å²) >= 11 is 5.73. The Kier molecular flexibility index (Phi) is 2.39. The van der Waals surface area contributed by atoms with Gasteiger partial charge in [-0.1, -0.05) is 11.6 Å². The third kappa shape index (κ3) is 1.55. The molecular formula is C11H10ClNO3. The number of nitrogens with zero attached hydrogens (tertiary/aromatic N) is 1. The molecule has 0 unspecified atom stereocenters. The molecule has 5 heteroatoms. The Balaban J connectivity index is 2.35. The molecule has 0 atom stereocenters. The Bertz CT molecular complexity index is 453. The van der Waals surface area contributed by atoms with Gasteiger partial charge >= 0.3 is 5.97 Å². The fourth-order valence-electron chi connectivity index (χ4n) is 1.33. The number of carbonyl (C=O) groups is 2. The normalized spacial score (nSPS) is 18.8. The molecule has 1 aromatic carbocycles. The summed E-state index contributed by atoms with van der Waals surface area (Å²) in [5.41, 5.74) is -0.632. The van der Waals surface area contributed by atoms with Gasteiger partial charge in [0.15, 0.2) is 0 Å². The van der Waals surface area contributed by atoms with Crippen LogP contribution < -0.4 is 5.06 Å². The van der Waals surface area contributed by atoms with Crippen molar-refractivity contribution in [2.75, 3.05) is 5.06 Å². The quantitative estimate of drug-likeness (QED) is 0.706. The Labute approximate surface area is 97.7 Å². The highest BCUT2D eigenvalue weighted by atomic mass is 35.5. The van der Waals surface area contributed by atoms with Crippen molar-refractivity contribution in [3.63, 3.8) is 0 Å². The van der Waals surface area contributed by atoms with Gasteiger partial charge in [0.25, 0.3) is 5.91 Å². The summed E-state index contributed by atoms with van der Waals surface area (Å²) in [7, 11) is 0. The summed E-state index contributed by atoms with van der Waals surface area (Å²) < 4.78 is 0. The van der Waals surface area contributed by atoms with Crippen molar-refractivity contribution in [3.8, 4) is 0 Å². The second kappa shape index (κ2) is 3.49. The van der Waals surface area contributed by atoms with Crippen molar-refractivity contribution in [2.45, 2.75) is 13.8 Å². The van der Waals surface area contributed by atoms with E-state index >= 15 is 0 Å². The molecule has 1 aliphatic heterocycles. The number of hydrogen-bond donors (Lipinski definition) is 0. The van der Waals surface area contributed by atoms with E-state index in [4.69, 9.17) is 16.4 Å². The number of carbonyl (C=O) groups excluding carboxylic acids is 2. The number of hydroxylamine groups is 1. The summed E-state index contributed by atoms with van der Waals surface area (Å²) in [6.45, 7) is 3.07. The smallest absolute Gasteiger partial charge is 0.332 e. The van der Waals surface area contributed by atoms with Gasteiger partial charge in [-0.3, -0.25) is 4.79 Å². The first-order chi connectivity index (χ1) is 7.43. The molecule has 4 nitrogen and oxygen atoms in total. The number of hydrogen-bond acceptors (Lipinski definition) is 3. The number of benzene rings is 1. The highest BCUT2D eigenvalue weighted by Gasteiger charge is 2.50. The average Bonchev–Trinajstić information content (AvgIpc) is 2.44. The lowest BCUT2D eigenvalue weighted by Gasteiger charge is -2.13. The van der Waals surface area contributed by atoms with Gasteiger partial charge in [-0.25, -0.2) is 4.79 Å². The summed E-state index contributed by atoms with van der Waals surface area (Å²) in [4.78, 5) is 28.2. The molecule has 0 bridgehead atoms. The van der Waals surface area contributed by atoms with Crippen LogP contribution in [0.5, 0.6) is 0 Å². The van der Waals surface area contributed by atoms with E-state index in [0.717, 1.165) is 5.06 Å². The largest absolute Gasteiger partial charge is 0.348 e. The Morgan fingerprint density at radius 3 is 2.19 bits per heavy atom. The zero-order valence-corrected chi connectivity index (χ0v) is 9.62. The molecule has 1 aliphatic rings. The lowest BCUT2D eigenvalue weighted by molar-refractivity contribution is -0.145. The van der Waals surface area contributed by atoms with E-state index in [1.54, 1.807) is 24.3 Å². The molecule has 0 aromatic heterocycles. The maximum atomic E-state index is 11.9. The van der Waals surface area contributed by atoms with Crippen molar-refractivity contribution in [2.24, 2.45) is 5.41 Å². The van der Waals surface area contributed by atoms with E-state index in [0.29, 0.717) is 10.7 Å². The monoisotopic (exact) mass is 239 g/mol. The van der Waals surface area contributed by atoms with Crippen LogP contribution in [0.15, 0.2) is 24.3 Å². The molecule has 1 amide bonds. The average molecular weight is 240 g/mol. The predicted molar refractivity (Wildman–Crippen MR) is 58.8 cm³/mol. The molecule has 0 N–H and O–H groups in total. The standard InChI is InChI=1S/C11H10ClNO3/c1-11(2)9(14)13(16-10(11)15)8-5-3-7(12)4-6-8/h3-6H,1-2H3. The van der Waals surface area contributed by atoms with Crippen LogP contribution in [0.25, 0.3) is 0 Å². The minimum Gasteiger partial charge on any atom is -0.332 e. The van der Waals surface area contributed by atoms with Crippen LogP contribution in [0.4, 0.5) is 5.69 Å². The third-order valence-electron chi connectivity index (χ3n) is 2.46. The lowest BCUT2D eigenvalue weighted by atomic mass is 9.94. The third-order valence-corrected chi connectivity index (χ3v) is 2.72. The Morgan fingerprint density at radius 2 is 1.75 bits per heavy atom. The highest BCUT2D eigenvalue weighted by Crippen LogP contribution is 2.32. The first-order valence-corrected chi connectivity index (χ1v) is 5.13. The molecule has 84 valence electrons. The maximum Gasteiger partial charge on any atom is 0.348 e. The van der Waals surface area contributed by atoms with E-state index in [1.807, 2.05) is 0 Å². The zero-order chi connectivity index (χ0) is 11.9. The van der Waals surface area contributed by atoms with Crippen LogP contribution in [0.3, 0.4) is 0 Å². The minimum atomic E-state index is -1.13. The predicted octanol–water partition coefficient (Wildman–Crippen LogP) is 2.17. The Morgan fingerprint density at radius 1 is 1.19 bits per heavy atom. The van der Waals surface area contributed by atoms with Crippen molar-refractivity contribution >= 4 is 29.2 Å². The number of rotatable bonds is 1. The van der Waals surface area contributed by atoms with Gasteiger partial charge in [0, 0.05) is 5.02 Å². The summed E-state index contributed by atoms with van der Waals surface area (Å²) in [5, 5.41) is 1.56. The van der Waals surface area contributed by atoms with Crippen LogP contribution in [0, 0.1) is 5.41 Å². The van der Waals surface area contributed by atoms with Gasteiger partial charge in [0.2, 0.25) is 0 Å². The second-order valence-corrected chi connectivity index (χ2v) is 4.52. The van der Waals surface area contributed by atoms with Crippen LogP contribution in [-0.4, -0.2) is 11.9 Å². The van der Waals surface area contributed by atoms with Gasteiger partial charge < -0.3 is 4.84 Å². The first-order valence-electron chi connectivity index (χ1n) is 4.75. The van der Waals surface area contributed by atoms with Crippen LogP contribution in [0.1, 0.15) is 13.8 Å². The van der Waals surface area contributed by atoms with E-state index < -0.39 is 11.4 Å². The highest BCUT2D eigenvalue weighted by molar-refractivity contribution is 6.30. The van der Waals surface area contributed by atoms with E-state index in [9.17, 15) is 9.59 Å². The van der Waals surface area contributed by atoms with Gasteiger partial charge in [-0.2, -0.15) is 0 Å². The minimum absolute atomic E-state index is 0.375. The van der Waals surface area contributed by atoms with Crippen molar-refractivity contribution in [1.29, 1.82) is 0 Å². The van der Waals surface area contributed by atoms with Crippen LogP contribution >= 0.6 is 11.6 Å². The summed E-state index contributed by atoms with van der Waals surface area (Å²) in [5.74, 6) is -0.924. The van der Waals surface area contributed by atoms with Gasteiger partial charge in [0.05, 0.1) is 5.69 Å². The van der Waals surface area contributed by atoms with Gasteiger partial charge in [-0.15, -0.1) is 5.06 Å².